The lowest BCUT2D eigenvalue weighted by molar-refractivity contribution is -0.458. The Kier molecular flexibility index (Phi) is 3.67. The molecule has 28 heavy (non-hydrogen) atoms. The van der Waals surface area contributed by atoms with Crippen LogP contribution in [0.2, 0.25) is 0 Å². The molecule has 0 aromatic heterocycles. The van der Waals surface area contributed by atoms with Crippen LogP contribution in [0.4, 0.5) is 0 Å². The molecule has 6 rings (SSSR count). The Bertz CT molecular complexity index is 747. The molecule has 9 unspecified atom stereocenters. The first-order valence-corrected chi connectivity index (χ1v) is 10.6. The first-order valence-electron chi connectivity index (χ1n) is 10.6. The van der Waals surface area contributed by atoms with Crippen LogP contribution >= 0.6 is 0 Å². The fourth-order valence-corrected chi connectivity index (χ4v) is 8.42. The van der Waals surface area contributed by atoms with Crippen LogP contribution in [0.1, 0.15) is 52.9 Å². The van der Waals surface area contributed by atoms with Crippen LogP contribution in [-0.2, 0) is 14.3 Å². The number of esters is 1. The van der Waals surface area contributed by atoms with Crippen molar-refractivity contribution in [3.05, 3.63) is 12.2 Å². The molecule has 6 aliphatic rings. The summed E-state index contributed by atoms with van der Waals surface area (Å²) in [6.07, 6.45) is 1.44. The van der Waals surface area contributed by atoms with Gasteiger partial charge in [-0.2, -0.15) is 0 Å². The van der Waals surface area contributed by atoms with Crippen molar-refractivity contribution in [3.63, 3.8) is 0 Å². The molecule has 156 valence electrons. The molecule has 4 bridgehead atoms. The maximum atomic E-state index is 12.1. The lowest BCUT2D eigenvalue weighted by atomic mass is 9.36. The number of aliphatic hydroxyl groups is 3. The van der Waals surface area contributed by atoms with E-state index in [4.69, 9.17) is 9.47 Å². The minimum absolute atomic E-state index is 0.0863. The molecule has 0 aromatic rings. The van der Waals surface area contributed by atoms with Crippen molar-refractivity contribution >= 4 is 5.97 Å². The number of aliphatic hydroxyl groups excluding tert-OH is 2. The van der Waals surface area contributed by atoms with Crippen molar-refractivity contribution in [2.24, 2.45) is 34.0 Å². The van der Waals surface area contributed by atoms with Gasteiger partial charge in [-0.3, -0.25) is 4.79 Å². The van der Waals surface area contributed by atoms with E-state index in [0.717, 1.165) is 19.3 Å². The molecule has 4 aliphatic carbocycles. The molecule has 4 saturated carbocycles. The second-order valence-corrected chi connectivity index (χ2v) is 10.8. The van der Waals surface area contributed by atoms with Gasteiger partial charge >= 0.3 is 5.97 Å². The topological polar surface area (TPSA) is 96.2 Å². The van der Waals surface area contributed by atoms with E-state index in [-0.39, 0.29) is 28.6 Å². The van der Waals surface area contributed by atoms with E-state index >= 15 is 0 Å². The van der Waals surface area contributed by atoms with Gasteiger partial charge in [0, 0.05) is 24.2 Å². The van der Waals surface area contributed by atoms with Gasteiger partial charge < -0.3 is 24.8 Å². The molecule has 6 fully saturated rings. The number of ether oxygens (including phenoxy) is 2. The molecule has 2 heterocycles. The highest BCUT2D eigenvalue weighted by Gasteiger charge is 2.84. The standard InChI is InChI=1S/C22H32O6/c1-11-13-9-21(17(11)25)15(8-14(13)24)20-7-5-6-19(3,4)16(20)18(28-12(2)23)22(21,26)27-10-20/h13-18,24-26H,1,5-10H2,2-4H3. The first kappa shape index (κ1) is 19.0. The molecule has 6 nitrogen and oxygen atoms in total. The molecule has 2 spiro atoms. The van der Waals surface area contributed by atoms with Gasteiger partial charge in [0.1, 0.15) is 0 Å². The van der Waals surface area contributed by atoms with Crippen LogP contribution in [0.5, 0.6) is 0 Å². The number of carbonyl (C=O) groups is 1. The third kappa shape index (κ3) is 1.87. The molecule has 0 amide bonds. The lowest BCUT2D eigenvalue weighted by Gasteiger charge is -2.74. The van der Waals surface area contributed by atoms with Crippen molar-refractivity contribution in [3.8, 4) is 0 Å². The van der Waals surface area contributed by atoms with Crippen LogP contribution in [0.15, 0.2) is 12.2 Å². The lowest BCUT2D eigenvalue weighted by Crippen LogP contribution is -2.82. The number of carbonyl (C=O) groups excluding carboxylic acids is 1. The van der Waals surface area contributed by atoms with Gasteiger partial charge in [0.15, 0.2) is 6.10 Å². The van der Waals surface area contributed by atoms with E-state index in [1.807, 2.05) is 0 Å². The Morgan fingerprint density at radius 1 is 1.29 bits per heavy atom. The van der Waals surface area contributed by atoms with Gasteiger partial charge in [-0.25, -0.2) is 0 Å². The third-order valence-corrected chi connectivity index (χ3v) is 9.26. The molecule has 2 saturated heterocycles. The predicted octanol–water partition coefficient (Wildman–Crippen LogP) is 1.77. The van der Waals surface area contributed by atoms with E-state index in [9.17, 15) is 20.1 Å². The average Bonchev–Trinajstić information content (AvgIpc) is 2.82. The maximum absolute atomic E-state index is 12.1. The summed E-state index contributed by atoms with van der Waals surface area (Å²) in [4.78, 5) is 12.1. The van der Waals surface area contributed by atoms with Gasteiger partial charge in [0.25, 0.3) is 0 Å². The van der Waals surface area contributed by atoms with E-state index in [1.165, 1.54) is 6.92 Å². The smallest absolute Gasteiger partial charge is 0.303 e. The highest BCUT2D eigenvalue weighted by Crippen LogP contribution is 2.77. The second-order valence-electron chi connectivity index (χ2n) is 10.8. The summed E-state index contributed by atoms with van der Waals surface area (Å²) in [5.41, 5.74) is -0.913. The van der Waals surface area contributed by atoms with Crippen LogP contribution < -0.4 is 0 Å². The zero-order chi connectivity index (χ0) is 20.3. The normalized spacial score (nSPS) is 56.1. The fourth-order valence-electron chi connectivity index (χ4n) is 8.42. The van der Waals surface area contributed by atoms with E-state index in [2.05, 4.69) is 20.4 Å². The Labute approximate surface area is 165 Å². The van der Waals surface area contributed by atoms with Gasteiger partial charge in [0.05, 0.1) is 24.2 Å². The quantitative estimate of drug-likeness (QED) is 0.465. The molecule has 6 heteroatoms. The molecule has 0 radical (unpaired) electrons. The highest BCUT2D eigenvalue weighted by atomic mass is 16.7. The van der Waals surface area contributed by atoms with Gasteiger partial charge in [-0.1, -0.05) is 26.8 Å². The van der Waals surface area contributed by atoms with E-state index < -0.39 is 35.5 Å². The van der Waals surface area contributed by atoms with Gasteiger partial charge in [-0.05, 0) is 42.6 Å². The van der Waals surface area contributed by atoms with Crippen molar-refractivity contribution in [2.75, 3.05) is 6.61 Å². The number of rotatable bonds is 1. The zero-order valence-corrected chi connectivity index (χ0v) is 17.0. The Hall–Kier alpha value is -0.950. The van der Waals surface area contributed by atoms with Crippen molar-refractivity contribution < 1.29 is 29.6 Å². The van der Waals surface area contributed by atoms with Crippen LogP contribution in [0, 0.1) is 34.0 Å². The number of fused-ring (bicyclic) bond motifs is 2. The summed E-state index contributed by atoms with van der Waals surface area (Å²) in [5, 5.41) is 34.3. The molecule has 0 aromatic carbocycles. The third-order valence-electron chi connectivity index (χ3n) is 9.26. The fraction of sp³-hybridized carbons (Fsp3) is 0.864. The van der Waals surface area contributed by atoms with Gasteiger partial charge in [0.2, 0.25) is 5.79 Å². The molecule has 3 N–H and O–H groups in total. The van der Waals surface area contributed by atoms with Crippen LogP contribution in [0.25, 0.3) is 0 Å². The molecule has 2 aliphatic heterocycles. The zero-order valence-electron chi connectivity index (χ0n) is 17.0. The number of hydrogen-bond donors (Lipinski definition) is 3. The SMILES string of the molecule is C=C1C2CC3(C1O)C(CC2O)C12CCCC(C)(C)C1C(OC(C)=O)C3(O)OC2. The van der Waals surface area contributed by atoms with Crippen molar-refractivity contribution in [2.45, 2.75) is 77.0 Å². The summed E-state index contributed by atoms with van der Waals surface area (Å²) in [7, 11) is 0. The summed E-state index contributed by atoms with van der Waals surface area (Å²) in [6, 6.07) is 0. The van der Waals surface area contributed by atoms with Crippen LogP contribution in [-0.4, -0.2) is 52.0 Å². The largest absolute Gasteiger partial charge is 0.456 e. The number of hydrogen-bond acceptors (Lipinski definition) is 6. The van der Waals surface area contributed by atoms with Crippen LogP contribution in [0.3, 0.4) is 0 Å². The Balaban J connectivity index is 1.76. The molecule has 9 atom stereocenters. The maximum Gasteiger partial charge on any atom is 0.303 e. The molecular formula is C22H32O6. The van der Waals surface area contributed by atoms with Gasteiger partial charge in [-0.15, -0.1) is 0 Å². The first-order chi connectivity index (χ1) is 13.0. The monoisotopic (exact) mass is 392 g/mol. The predicted molar refractivity (Wildman–Crippen MR) is 99.8 cm³/mol. The summed E-state index contributed by atoms with van der Waals surface area (Å²) < 4.78 is 12.0. The van der Waals surface area contributed by atoms with Crippen molar-refractivity contribution in [1.29, 1.82) is 0 Å². The highest BCUT2D eigenvalue weighted by molar-refractivity contribution is 5.66. The Morgan fingerprint density at radius 3 is 2.68 bits per heavy atom. The summed E-state index contributed by atoms with van der Waals surface area (Å²) >= 11 is 0. The molecular weight excluding hydrogens is 360 g/mol. The Morgan fingerprint density at radius 2 is 2.00 bits per heavy atom. The van der Waals surface area contributed by atoms with E-state index in [1.54, 1.807) is 0 Å². The van der Waals surface area contributed by atoms with E-state index in [0.29, 0.717) is 25.0 Å². The van der Waals surface area contributed by atoms with Crippen molar-refractivity contribution in [1.82, 2.24) is 0 Å². The minimum Gasteiger partial charge on any atom is -0.456 e. The average molecular weight is 392 g/mol. The minimum atomic E-state index is -1.78. The summed E-state index contributed by atoms with van der Waals surface area (Å²) in [5.74, 6) is -2.67. The summed E-state index contributed by atoms with van der Waals surface area (Å²) in [6.45, 7) is 10.2. The second kappa shape index (κ2) is 5.39.